The summed E-state index contributed by atoms with van der Waals surface area (Å²) in [5.41, 5.74) is 7.11. The van der Waals surface area contributed by atoms with Crippen LogP contribution in [0, 0.1) is 5.82 Å². The Hall–Kier alpha value is -1.35. The zero-order valence-electron chi connectivity index (χ0n) is 8.13. The van der Waals surface area contributed by atoms with Gasteiger partial charge in [0.2, 0.25) is 0 Å². The van der Waals surface area contributed by atoms with E-state index in [1.54, 1.807) is 0 Å². The summed E-state index contributed by atoms with van der Waals surface area (Å²) in [7, 11) is 0. The van der Waals surface area contributed by atoms with Crippen LogP contribution in [0.1, 0.15) is 24.9 Å². The molecule has 3 N–H and O–H groups in total. The minimum Gasteiger partial charge on any atom is -0.508 e. The second kappa shape index (κ2) is 4.24. The molecule has 0 fully saturated rings. The lowest BCUT2D eigenvalue weighted by Crippen LogP contribution is -2.10. The van der Waals surface area contributed by atoms with Crippen LogP contribution in [-0.2, 0) is 0 Å². The molecular weight excluding hydrogens is 181 g/mol. The van der Waals surface area contributed by atoms with E-state index in [1.165, 1.54) is 18.2 Å². The highest BCUT2D eigenvalue weighted by Gasteiger charge is 2.11. The number of aromatic hydroxyl groups is 1. The summed E-state index contributed by atoms with van der Waals surface area (Å²) < 4.78 is 12.9. The van der Waals surface area contributed by atoms with Gasteiger partial charge in [-0.05, 0) is 31.5 Å². The molecule has 0 spiro atoms. The van der Waals surface area contributed by atoms with E-state index in [4.69, 9.17) is 5.73 Å². The molecular formula is C11H14FNO. The fraction of sp³-hybridized carbons (Fsp3) is 0.273. The highest BCUT2D eigenvalue weighted by Crippen LogP contribution is 2.26. The number of phenols is 1. The van der Waals surface area contributed by atoms with Gasteiger partial charge in [0.1, 0.15) is 11.6 Å². The number of benzene rings is 1. The Morgan fingerprint density at radius 1 is 1.64 bits per heavy atom. The van der Waals surface area contributed by atoms with Gasteiger partial charge in [-0.1, -0.05) is 5.57 Å². The fourth-order valence-corrected chi connectivity index (χ4v) is 1.31. The van der Waals surface area contributed by atoms with Gasteiger partial charge in [-0.15, -0.1) is 6.58 Å². The molecule has 0 heterocycles. The SMILES string of the molecule is C=C(C)C[C@@H](N)c1cc(F)ccc1O. The number of nitrogens with two attached hydrogens (primary N) is 1. The van der Waals surface area contributed by atoms with E-state index in [0.29, 0.717) is 12.0 Å². The van der Waals surface area contributed by atoms with Gasteiger partial charge in [0.05, 0.1) is 0 Å². The molecule has 76 valence electrons. The number of halogens is 1. The summed E-state index contributed by atoms with van der Waals surface area (Å²) in [5, 5.41) is 9.44. The van der Waals surface area contributed by atoms with Gasteiger partial charge in [-0.25, -0.2) is 4.39 Å². The molecule has 0 saturated carbocycles. The van der Waals surface area contributed by atoms with Crippen LogP contribution in [-0.4, -0.2) is 5.11 Å². The molecule has 0 amide bonds. The zero-order chi connectivity index (χ0) is 10.7. The standard InChI is InChI=1S/C11H14FNO/c1-7(2)5-10(13)9-6-8(12)3-4-11(9)14/h3-4,6,10,14H,1,5,13H2,2H3/t10-/m1/s1. The van der Waals surface area contributed by atoms with Crippen LogP contribution in [0.3, 0.4) is 0 Å². The van der Waals surface area contributed by atoms with Crippen LogP contribution in [0.5, 0.6) is 5.75 Å². The highest BCUT2D eigenvalue weighted by molar-refractivity contribution is 5.35. The van der Waals surface area contributed by atoms with E-state index < -0.39 is 11.9 Å². The number of rotatable bonds is 3. The van der Waals surface area contributed by atoms with Crippen molar-refractivity contribution in [2.75, 3.05) is 0 Å². The van der Waals surface area contributed by atoms with Gasteiger partial charge in [0.25, 0.3) is 0 Å². The van der Waals surface area contributed by atoms with E-state index >= 15 is 0 Å². The molecule has 1 rings (SSSR count). The van der Waals surface area contributed by atoms with E-state index in [0.717, 1.165) is 5.57 Å². The lowest BCUT2D eigenvalue weighted by molar-refractivity contribution is 0.458. The van der Waals surface area contributed by atoms with E-state index in [9.17, 15) is 9.50 Å². The zero-order valence-corrected chi connectivity index (χ0v) is 8.13. The predicted octanol–water partition coefficient (Wildman–Crippen LogP) is 2.50. The second-order valence-corrected chi connectivity index (χ2v) is 3.47. The Bertz CT molecular complexity index is 349. The Balaban J connectivity index is 2.93. The van der Waals surface area contributed by atoms with Crippen molar-refractivity contribution in [1.29, 1.82) is 0 Å². The van der Waals surface area contributed by atoms with Crippen LogP contribution in [0.15, 0.2) is 30.4 Å². The van der Waals surface area contributed by atoms with Crippen molar-refractivity contribution < 1.29 is 9.50 Å². The van der Waals surface area contributed by atoms with Gasteiger partial charge in [0, 0.05) is 11.6 Å². The minimum absolute atomic E-state index is 0.0279. The average molecular weight is 195 g/mol. The maximum Gasteiger partial charge on any atom is 0.123 e. The number of phenolic OH excluding ortho intramolecular Hbond substituents is 1. The van der Waals surface area contributed by atoms with Crippen molar-refractivity contribution in [2.24, 2.45) is 5.73 Å². The first kappa shape index (κ1) is 10.7. The summed E-state index contributed by atoms with van der Waals surface area (Å²) >= 11 is 0. The van der Waals surface area contributed by atoms with Crippen molar-refractivity contribution in [3.05, 3.63) is 41.7 Å². The van der Waals surface area contributed by atoms with E-state index in [-0.39, 0.29) is 5.75 Å². The van der Waals surface area contributed by atoms with Crippen molar-refractivity contribution in [2.45, 2.75) is 19.4 Å². The summed E-state index contributed by atoms with van der Waals surface area (Å²) in [4.78, 5) is 0. The van der Waals surface area contributed by atoms with Gasteiger partial charge in [-0.3, -0.25) is 0 Å². The molecule has 0 aliphatic rings. The van der Waals surface area contributed by atoms with Gasteiger partial charge < -0.3 is 10.8 Å². The quantitative estimate of drug-likeness (QED) is 0.728. The molecule has 14 heavy (non-hydrogen) atoms. The topological polar surface area (TPSA) is 46.2 Å². The highest BCUT2D eigenvalue weighted by atomic mass is 19.1. The van der Waals surface area contributed by atoms with Gasteiger partial charge in [-0.2, -0.15) is 0 Å². The minimum atomic E-state index is -0.400. The van der Waals surface area contributed by atoms with Crippen molar-refractivity contribution >= 4 is 0 Å². The fourth-order valence-electron chi connectivity index (χ4n) is 1.31. The molecule has 1 atom stereocenters. The van der Waals surface area contributed by atoms with Gasteiger partial charge in [0.15, 0.2) is 0 Å². The average Bonchev–Trinajstić information content (AvgIpc) is 2.08. The first-order valence-electron chi connectivity index (χ1n) is 4.39. The maximum atomic E-state index is 12.9. The lowest BCUT2D eigenvalue weighted by Gasteiger charge is -2.13. The van der Waals surface area contributed by atoms with E-state index in [1.807, 2.05) is 6.92 Å². The third-order valence-corrected chi connectivity index (χ3v) is 1.96. The lowest BCUT2D eigenvalue weighted by atomic mass is 10.0. The van der Waals surface area contributed by atoms with Crippen molar-refractivity contribution in [1.82, 2.24) is 0 Å². The molecule has 0 radical (unpaired) electrons. The first-order valence-corrected chi connectivity index (χ1v) is 4.39. The monoisotopic (exact) mass is 195 g/mol. The largest absolute Gasteiger partial charge is 0.508 e. The Morgan fingerprint density at radius 2 is 2.29 bits per heavy atom. The normalized spacial score (nSPS) is 12.5. The Morgan fingerprint density at radius 3 is 2.86 bits per heavy atom. The van der Waals surface area contributed by atoms with Crippen LogP contribution in [0.4, 0.5) is 4.39 Å². The van der Waals surface area contributed by atoms with Crippen LogP contribution < -0.4 is 5.73 Å². The predicted molar refractivity (Wildman–Crippen MR) is 54.4 cm³/mol. The van der Waals surface area contributed by atoms with Crippen LogP contribution in [0.2, 0.25) is 0 Å². The Kier molecular flexibility index (Phi) is 3.25. The number of hydrogen-bond donors (Lipinski definition) is 2. The molecule has 0 unspecified atom stereocenters. The molecule has 0 aliphatic heterocycles. The number of hydrogen-bond acceptors (Lipinski definition) is 2. The third-order valence-electron chi connectivity index (χ3n) is 1.96. The van der Waals surface area contributed by atoms with Crippen molar-refractivity contribution in [3.63, 3.8) is 0 Å². The Labute approximate surface area is 82.9 Å². The molecule has 0 bridgehead atoms. The smallest absolute Gasteiger partial charge is 0.123 e. The summed E-state index contributed by atoms with van der Waals surface area (Å²) in [5.74, 6) is -0.366. The summed E-state index contributed by atoms with van der Waals surface area (Å²) in [6, 6.07) is 3.36. The molecule has 2 nitrogen and oxygen atoms in total. The van der Waals surface area contributed by atoms with Gasteiger partial charge >= 0.3 is 0 Å². The molecule has 3 heteroatoms. The molecule has 0 saturated heterocycles. The molecule has 0 aliphatic carbocycles. The summed E-state index contributed by atoms with van der Waals surface area (Å²) in [6.07, 6.45) is 0.539. The third kappa shape index (κ3) is 2.57. The molecule has 1 aromatic carbocycles. The maximum absolute atomic E-state index is 12.9. The van der Waals surface area contributed by atoms with Crippen LogP contribution >= 0.6 is 0 Å². The van der Waals surface area contributed by atoms with Crippen LogP contribution in [0.25, 0.3) is 0 Å². The second-order valence-electron chi connectivity index (χ2n) is 3.47. The molecule has 1 aromatic rings. The first-order chi connectivity index (χ1) is 6.50. The van der Waals surface area contributed by atoms with E-state index in [2.05, 4.69) is 6.58 Å². The van der Waals surface area contributed by atoms with Crippen molar-refractivity contribution in [3.8, 4) is 5.75 Å². The molecule has 0 aromatic heterocycles. The summed E-state index contributed by atoms with van der Waals surface area (Å²) in [6.45, 7) is 5.56.